The first-order chi connectivity index (χ1) is 16.1. The number of halogens is 1. The lowest BCUT2D eigenvalue weighted by Crippen LogP contribution is -2.56. The van der Waals surface area contributed by atoms with Gasteiger partial charge < -0.3 is 29.7 Å². The molecule has 14 heteroatoms. The molecule has 3 amide bonds. The Morgan fingerprint density at radius 2 is 1.91 bits per heavy atom. The number of piperidine rings is 1. The average Bonchev–Trinajstić information content (AvgIpc) is 2.81. The Morgan fingerprint density at radius 3 is 2.47 bits per heavy atom. The summed E-state index contributed by atoms with van der Waals surface area (Å²) in [7, 11) is -2.01. The van der Waals surface area contributed by atoms with Gasteiger partial charge in [0.05, 0.1) is 25.5 Å². The fraction of sp³-hybridized carbons (Fsp3) is 0.550. The van der Waals surface area contributed by atoms with Crippen LogP contribution in [0.25, 0.3) is 0 Å². The van der Waals surface area contributed by atoms with Gasteiger partial charge in [-0.25, -0.2) is 12.8 Å². The van der Waals surface area contributed by atoms with Crippen LogP contribution < -0.4 is 20.1 Å². The van der Waals surface area contributed by atoms with Crippen molar-refractivity contribution in [3.63, 3.8) is 0 Å². The third-order valence-electron chi connectivity index (χ3n) is 5.66. The molecule has 3 N–H and O–H groups in total. The predicted octanol–water partition coefficient (Wildman–Crippen LogP) is -1.03. The molecule has 0 radical (unpaired) electrons. The van der Waals surface area contributed by atoms with Gasteiger partial charge in [0.2, 0.25) is 21.8 Å². The smallest absolute Gasteiger partial charge is 0.253 e. The first-order valence-corrected chi connectivity index (χ1v) is 12.0. The van der Waals surface area contributed by atoms with Crippen LogP contribution in [0.15, 0.2) is 17.0 Å². The van der Waals surface area contributed by atoms with E-state index in [1.165, 1.54) is 4.90 Å². The lowest BCUT2D eigenvalue weighted by molar-refractivity contribution is -0.139. The highest BCUT2D eigenvalue weighted by atomic mass is 32.2. The Balaban J connectivity index is 1.93. The molecule has 188 valence electrons. The molecule has 0 spiro atoms. The van der Waals surface area contributed by atoms with Gasteiger partial charge in [0, 0.05) is 32.8 Å². The van der Waals surface area contributed by atoms with Crippen LogP contribution in [-0.4, -0.2) is 90.3 Å². The molecule has 0 bridgehead atoms. The SMILES string of the molecule is COc1c(N2CCOCC2=O)cc(F)cc1S(=O)(=O)N[C@@H](C(N)=O)C(=O)N1CCC(OC)CC1. The van der Waals surface area contributed by atoms with Gasteiger partial charge in [-0.05, 0) is 18.9 Å². The van der Waals surface area contributed by atoms with Crippen LogP contribution in [0.3, 0.4) is 0 Å². The standard InChI is InChI=1S/C20H27FN4O8S/c1-31-13-3-5-24(6-4-13)20(28)17(19(22)27)23-34(29,30)15-10-12(21)9-14(18(15)32-2)25-7-8-33-11-16(25)26/h9-10,13,17,23H,3-8,11H2,1-2H3,(H2,22,27)/t17-/m0/s1. The molecule has 34 heavy (non-hydrogen) atoms. The van der Waals surface area contributed by atoms with E-state index >= 15 is 0 Å². The molecule has 1 aromatic carbocycles. The van der Waals surface area contributed by atoms with Crippen molar-refractivity contribution in [2.75, 3.05) is 52.0 Å². The molecule has 0 aliphatic carbocycles. The monoisotopic (exact) mass is 502 g/mol. The Hall–Kier alpha value is -2.81. The largest absolute Gasteiger partial charge is 0.493 e. The maximum Gasteiger partial charge on any atom is 0.253 e. The minimum atomic E-state index is -4.70. The summed E-state index contributed by atoms with van der Waals surface area (Å²) in [5.74, 6) is -3.87. The Kier molecular flexibility index (Phi) is 8.07. The molecule has 0 unspecified atom stereocenters. The van der Waals surface area contributed by atoms with E-state index in [4.69, 9.17) is 19.9 Å². The number of ether oxygens (including phenoxy) is 3. The number of nitrogens with zero attached hydrogens (tertiary/aromatic N) is 2. The summed E-state index contributed by atoms with van der Waals surface area (Å²) in [6.45, 7) is 0.429. The number of rotatable bonds is 8. The Labute approximate surface area is 196 Å². The minimum absolute atomic E-state index is 0.0470. The number of methoxy groups -OCH3 is 2. The number of sulfonamides is 1. The van der Waals surface area contributed by atoms with Crippen molar-refractivity contribution in [2.24, 2.45) is 5.73 Å². The highest BCUT2D eigenvalue weighted by Gasteiger charge is 2.37. The van der Waals surface area contributed by atoms with E-state index in [-0.39, 0.29) is 50.4 Å². The van der Waals surface area contributed by atoms with Crippen LogP contribution in [0.4, 0.5) is 10.1 Å². The molecule has 2 aliphatic heterocycles. The van der Waals surface area contributed by atoms with E-state index in [1.807, 2.05) is 4.72 Å². The van der Waals surface area contributed by atoms with Gasteiger partial charge in [-0.3, -0.25) is 14.4 Å². The summed E-state index contributed by atoms with van der Waals surface area (Å²) in [6.07, 6.45) is 0.968. The molecule has 1 aromatic rings. The van der Waals surface area contributed by atoms with Crippen LogP contribution in [0.2, 0.25) is 0 Å². The van der Waals surface area contributed by atoms with Crippen LogP contribution in [0.5, 0.6) is 5.75 Å². The number of carbonyl (C=O) groups excluding carboxylic acids is 3. The predicted molar refractivity (Wildman–Crippen MR) is 116 cm³/mol. The fourth-order valence-corrected chi connectivity index (χ4v) is 5.23. The third kappa shape index (κ3) is 5.46. The lowest BCUT2D eigenvalue weighted by atomic mass is 10.1. The van der Waals surface area contributed by atoms with Crippen LogP contribution in [-0.2, 0) is 33.9 Å². The zero-order chi connectivity index (χ0) is 25.0. The maximum atomic E-state index is 14.5. The molecule has 0 aromatic heterocycles. The first kappa shape index (κ1) is 25.8. The van der Waals surface area contributed by atoms with Gasteiger partial charge in [-0.2, -0.15) is 4.72 Å². The summed E-state index contributed by atoms with van der Waals surface area (Å²) >= 11 is 0. The number of hydrogen-bond acceptors (Lipinski definition) is 8. The zero-order valence-corrected chi connectivity index (χ0v) is 19.6. The number of anilines is 1. The highest BCUT2D eigenvalue weighted by molar-refractivity contribution is 7.89. The molecular weight excluding hydrogens is 475 g/mol. The Bertz CT molecular complexity index is 1060. The van der Waals surface area contributed by atoms with E-state index < -0.39 is 44.5 Å². The highest BCUT2D eigenvalue weighted by Crippen LogP contribution is 2.37. The number of amides is 3. The van der Waals surface area contributed by atoms with Gasteiger partial charge in [-0.15, -0.1) is 0 Å². The van der Waals surface area contributed by atoms with E-state index in [9.17, 15) is 27.2 Å². The van der Waals surface area contributed by atoms with Crippen molar-refractivity contribution in [3.05, 3.63) is 17.9 Å². The van der Waals surface area contributed by atoms with Gasteiger partial charge >= 0.3 is 0 Å². The van der Waals surface area contributed by atoms with Crippen LogP contribution in [0, 0.1) is 5.82 Å². The number of carbonyl (C=O) groups is 3. The number of nitrogens with one attached hydrogen (secondary N) is 1. The van der Waals surface area contributed by atoms with Crippen molar-refractivity contribution < 1.29 is 41.4 Å². The summed E-state index contributed by atoms with van der Waals surface area (Å²) in [5, 5.41) is 0. The molecular formula is C20H27FN4O8S. The molecule has 1 atom stereocenters. The minimum Gasteiger partial charge on any atom is -0.493 e. The number of primary amides is 1. The maximum absolute atomic E-state index is 14.5. The molecule has 0 saturated carbocycles. The van der Waals surface area contributed by atoms with Crippen molar-refractivity contribution >= 4 is 33.4 Å². The second-order valence-corrected chi connectivity index (χ2v) is 9.45. The zero-order valence-electron chi connectivity index (χ0n) is 18.8. The van der Waals surface area contributed by atoms with Crippen molar-refractivity contribution in [2.45, 2.75) is 29.9 Å². The van der Waals surface area contributed by atoms with E-state index in [2.05, 4.69) is 0 Å². The molecule has 2 fully saturated rings. The van der Waals surface area contributed by atoms with Crippen molar-refractivity contribution in [1.82, 2.24) is 9.62 Å². The third-order valence-corrected chi connectivity index (χ3v) is 7.09. The number of benzene rings is 1. The van der Waals surface area contributed by atoms with Gasteiger partial charge in [-0.1, -0.05) is 0 Å². The summed E-state index contributed by atoms with van der Waals surface area (Å²) in [4.78, 5) is 39.0. The quantitative estimate of drug-likeness (QED) is 0.427. The lowest BCUT2D eigenvalue weighted by Gasteiger charge is -2.33. The van der Waals surface area contributed by atoms with E-state index in [1.54, 1.807) is 7.11 Å². The first-order valence-electron chi connectivity index (χ1n) is 10.5. The van der Waals surface area contributed by atoms with Crippen LogP contribution in [0.1, 0.15) is 12.8 Å². The molecule has 2 saturated heterocycles. The van der Waals surface area contributed by atoms with Gasteiger partial charge in [0.25, 0.3) is 5.91 Å². The summed E-state index contributed by atoms with van der Waals surface area (Å²) in [6, 6.07) is -0.300. The molecule has 2 heterocycles. The van der Waals surface area contributed by atoms with E-state index in [0.29, 0.717) is 18.9 Å². The summed E-state index contributed by atoms with van der Waals surface area (Å²) in [5.41, 5.74) is 5.21. The topological polar surface area (TPSA) is 158 Å². The number of likely N-dealkylation sites (tertiary alicyclic amines) is 1. The number of hydrogen-bond donors (Lipinski definition) is 2. The van der Waals surface area contributed by atoms with Crippen LogP contribution >= 0.6 is 0 Å². The second kappa shape index (κ2) is 10.6. The molecule has 2 aliphatic rings. The Morgan fingerprint density at radius 1 is 1.24 bits per heavy atom. The molecule has 12 nitrogen and oxygen atoms in total. The van der Waals surface area contributed by atoms with E-state index in [0.717, 1.165) is 18.1 Å². The van der Waals surface area contributed by atoms with Crippen molar-refractivity contribution in [3.8, 4) is 5.75 Å². The second-order valence-electron chi connectivity index (χ2n) is 7.77. The van der Waals surface area contributed by atoms with Gasteiger partial charge in [0.15, 0.2) is 11.8 Å². The van der Waals surface area contributed by atoms with Crippen molar-refractivity contribution in [1.29, 1.82) is 0 Å². The summed E-state index contributed by atoms with van der Waals surface area (Å²) < 4.78 is 58.4. The fourth-order valence-electron chi connectivity index (χ4n) is 3.88. The van der Waals surface area contributed by atoms with Gasteiger partial charge in [0.1, 0.15) is 17.3 Å². The molecule has 3 rings (SSSR count). The normalized spacial score (nSPS) is 18.6. The average molecular weight is 503 g/mol. The number of morpholine rings is 1. The number of nitrogens with two attached hydrogens (primary N) is 1.